The number of aryl methyl sites for hydroxylation is 1. The molecule has 102 valence electrons. The Hall–Kier alpha value is -2.25. The zero-order chi connectivity index (χ0) is 14.3. The first kappa shape index (κ1) is 14.2. The molecule has 0 fully saturated rings. The minimum Gasteiger partial charge on any atom is -0.273 e. The molecule has 0 radical (unpaired) electrons. The van der Waals surface area contributed by atoms with Crippen molar-refractivity contribution in [1.82, 2.24) is 0 Å². The molecule has 0 saturated heterocycles. The Morgan fingerprint density at radius 2 is 1.50 bits per heavy atom. The highest BCUT2D eigenvalue weighted by molar-refractivity contribution is 7.97. The summed E-state index contributed by atoms with van der Waals surface area (Å²) in [5.74, 6) is 2.69. The van der Waals surface area contributed by atoms with Gasteiger partial charge < -0.3 is 0 Å². The summed E-state index contributed by atoms with van der Waals surface area (Å²) in [4.78, 5) is 0. The molecule has 0 aromatic heterocycles. The zero-order valence-corrected chi connectivity index (χ0v) is 11.7. The molecule has 0 heterocycles. The lowest BCUT2D eigenvalue weighted by atomic mass is 10.1. The van der Waals surface area contributed by atoms with Crippen LogP contribution in [0, 0.1) is 11.2 Å². The largest absolute Gasteiger partial charge is 0.301 e. The molecule has 2 aromatic rings. The SMILES string of the molecule is O=S(=O)(C#CCCc1ccccc1)Nc1ccccc1. The van der Waals surface area contributed by atoms with Crippen LogP contribution in [0.4, 0.5) is 5.69 Å². The van der Waals surface area contributed by atoms with Crippen molar-refractivity contribution in [2.75, 3.05) is 4.72 Å². The molecule has 0 atom stereocenters. The topological polar surface area (TPSA) is 46.2 Å². The van der Waals surface area contributed by atoms with Gasteiger partial charge in [0.2, 0.25) is 0 Å². The zero-order valence-electron chi connectivity index (χ0n) is 10.9. The van der Waals surface area contributed by atoms with Crippen LogP contribution in [0.3, 0.4) is 0 Å². The van der Waals surface area contributed by atoms with Gasteiger partial charge in [0.1, 0.15) is 0 Å². The Bertz CT molecular complexity index is 698. The predicted octanol–water partition coefficient (Wildman–Crippen LogP) is 3.02. The van der Waals surface area contributed by atoms with Crippen LogP contribution in [0.1, 0.15) is 12.0 Å². The van der Waals surface area contributed by atoms with Crippen molar-refractivity contribution in [3.8, 4) is 11.2 Å². The number of sulfonamides is 1. The van der Waals surface area contributed by atoms with Crippen LogP contribution in [0.15, 0.2) is 60.7 Å². The summed E-state index contributed by atoms with van der Waals surface area (Å²) in [6.07, 6.45) is 1.26. The number of hydrogen-bond donors (Lipinski definition) is 1. The molecule has 0 aliphatic carbocycles. The Morgan fingerprint density at radius 1 is 0.900 bits per heavy atom. The fraction of sp³-hybridized carbons (Fsp3) is 0.125. The second-order valence-electron chi connectivity index (χ2n) is 4.24. The van der Waals surface area contributed by atoms with E-state index in [0.29, 0.717) is 12.1 Å². The molecule has 0 bridgehead atoms. The Labute approximate surface area is 119 Å². The van der Waals surface area contributed by atoms with E-state index in [1.165, 1.54) is 0 Å². The predicted molar refractivity (Wildman–Crippen MR) is 81.5 cm³/mol. The highest BCUT2D eigenvalue weighted by atomic mass is 32.2. The lowest BCUT2D eigenvalue weighted by Gasteiger charge is -2.01. The third kappa shape index (κ3) is 4.79. The lowest BCUT2D eigenvalue weighted by Crippen LogP contribution is -2.09. The maximum atomic E-state index is 11.7. The van der Waals surface area contributed by atoms with Crippen molar-refractivity contribution in [2.24, 2.45) is 0 Å². The summed E-state index contributed by atoms with van der Waals surface area (Å²) in [6.45, 7) is 0. The van der Waals surface area contributed by atoms with Crippen LogP contribution in [-0.2, 0) is 16.4 Å². The van der Waals surface area contributed by atoms with E-state index < -0.39 is 10.0 Å². The molecule has 4 heteroatoms. The second-order valence-corrected chi connectivity index (χ2v) is 5.65. The number of para-hydroxylation sites is 1. The molecule has 2 rings (SSSR count). The van der Waals surface area contributed by atoms with Crippen LogP contribution >= 0.6 is 0 Å². The Kier molecular flexibility index (Phi) is 4.80. The minimum atomic E-state index is -3.60. The standard InChI is InChI=1S/C16H15NO2S/c18-20(19,17-16-12-5-2-6-13-16)14-8-7-11-15-9-3-1-4-10-15/h1-6,9-10,12-13,17H,7,11H2. The molecular weight excluding hydrogens is 270 g/mol. The molecule has 0 saturated carbocycles. The van der Waals surface area contributed by atoms with Gasteiger partial charge in [-0.2, -0.15) is 8.42 Å². The number of nitrogens with one attached hydrogen (secondary N) is 1. The van der Waals surface area contributed by atoms with Crippen LogP contribution < -0.4 is 4.72 Å². The highest BCUT2D eigenvalue weighted by Gasteiger charge is 2.04. The lowest BCUT2D eigenvalue weighted by molar-refractivity contribution is 0.611. The van der Waals surface area contributed by atoms with E-state index in [0.717, 1.165) is 12.0 Å². The summed E-state index contributed by atoms with van der Waals surface area (Å²) < 4.78 is 25.9. The van der Waals surface area contributed by atoms with Gasteiger partial charge in [0.05, 0.1) is 0 Å². The summed E-state index contributed by atoms with van der Waals surface area (Å²) in [5.41, 5.74) is 1.67. The third-order valence-corrected chi connectivity index (χ3v) is 3.53. The molecule has 0 unspecified atom stereocenters. The van der Waals surface area contributed by atoms with Gasteiger partial charge in [-0.25, -0.2) is 0 Å². The third-order valence-electron chi connectivity index (χ3n) is 2.61. The van der Waals surface area contributed by atoms with Gasteiger partial charge in [0.15, 0.2) is 0 Å². The van der Waals surface area contributed by atoms with E-state index in [4.69, 9.17) is 0 Å². The Morgan fingerprint density at radius 3 is 2.15 bits per heavy atom. The first-order valence-corrected chi connectivity index (χ1v) is 7.75. The number of anilines is 1. The van der Waals surface area contributed by atoms with Crippen LogP contribution in [0.25, 0.3) is 0 Å². The molecule has 20 heavy (non-hydrogen) atoms. The van der Waals surface area contributed by atoms with E-state index in [9.17, 15) is 8.42 Å². The monoisotopic (exact) mass is 285 g/mol. The van der Waals surface area contributed by atoms with Crippen LogP contribution in [0.2, 0.25) is 0 Å². The molecular formula is C16H15NO2S. The minimum absolute atomic E-state index is 0.514. The first-order chi connectivity index (χ1) is 9.66. The van der Waals surface area contributed by atoms with E-state index >= 15 is 0 Å². The molecule has 0 aliphatic rings. The molecule has 3 nitrogen and oxygen atoms in total. The highest BCUT2D eigenvalue weighted by Crippen LogP contribution is 2.07. The average Bonchev–Trinajstić information content (AvgIpc) is 2.45. The van der Waals surface area contributed by atoms with Gasteiger partial charge in [0.25, 0.3) is 0 Å². The Balaban J connectivity index is 1.91. The molecule has 0 aliphatic heterocycles. The maximum absolute atomic E-state index is 11.7. The van der Waals surface area contributed by atoms with Gasteiger partial charge in [-0.3, -0.25) is 4.72 Å². The second kappa shape index (κ2) is 6.78. The fourth-order valence-electron chi connectivity index (χ4n) is 1.68. The number of hydrogen-bond acceptors (Lipinski definition) is 2. The van der Waals surface area contributed by atoms with E-state index in [1.54, 1.807) is 24.3 Å². The normalized spacial score (nSPS) is 10.4. The van der Waals surface area contributed by atoms with E-state index in [2.05, 4.69) is 15.9 Å². The number of rotatable bonds is 4. The van der Waals surface area contributed by atoms with Gasteiger partial charge in [0, 0.05) is 17.4 Å². The smallest absolute Gasteiger partial charge is 0.273 e. The van der Waals surface area contributed by atoms with Gasteiger partial charge >= 0.3 is 10.0 Å². The van der Waals surface area contributed by atoms with Crippen molar-refractivity contribution in [3.05, 3.63) is 66.2 Å². The quantitative estimate of drug-likeness (QED) is 0.878. The summed E-state index contributed by atoms with van der Waals surface area (Å²) in [6, 6.07) is 18.6. The summed E-state index contributed by atoms with van der Waals surface area (Å²) in [7, 11) is -3.60. The number of benzene rings is 2. The van der Waals surface area contributed by atoms with Crippen molar-refractivity contribution in [2.45, 2.75) is 12.8 Å². The van der Waals surface area contributed by atoms with Crippen molar-refractivity contribution in [1.29, 1.82) is 0 Å². The summed E-state index contributed by atoms with van der Waals surface area (Å²) in [5, 5.41) is 2.29. The fourth-order valence-corrected chi connectivity index (χ4v) is 2.47. The molecule has 0 amide bonds. The van der Waals surface area contributed by atoms with Gasteiger partial charge in [-0.1, -0.05) is 54.5 Å². The van der Waals surface area contributed by atoms with Crippen molar-refractivity contribution in [3.63, 3.8) is 0 Å². The maximum Gasteiger partial charge on any atom is 0.301 e. The average molecular weight is 285 g/mol. The van der Waals surface area contributed by atoms with Crippen LogP contribution in [0.5, 0.6) is 0 Å². The molecule has 0 spiro atoms. The van der Waals surface area contributed by atoms with E-state index in [1.807, 2.05) is 36.4 Å². The van der Waals surface area contributed by atoms with Gasteiger partial charge in [-0.15, -0.1) is 0 Å². The van der Waals surface area contributed by atoms with Crippen LogP contribution in [-0.4, -0.2) is 8.42 Å². The van der Waals surface area contributed by atoms with Crippen molar-refractivity contribution >= 4 is 15.7 Å². The van der Waals surface area contributed by atoms with Gasteiger partial charge in [-0.05, 0) is 24.1 Å². The molecule has 2 aromatic carbocycles. The first-order valence-electron chi connectivity index (χ1n) is 6.27. The van der Waals surface area contributed by atoms with E-state index in [-0.39, 0.29) is 0 Å². The molecule has 1 N–H and O–H groups in total. The van der Waals surface area contributed by atoms with Crippen molar-refractivity contribution < 1.29 is 8.42 Å². The summed E-state index contributed by atoms with van der Waals surface area (Å²) >= 11 is 0.